The number of carbonyl (C=O) groups is 1. The normalized spacial score (nSPS) is 11.6. The van der Waals surface area contributed by atoms with E-state index in [2.05, 4.69) is 5.32 Å². The SMILES string of the molecule is CCN(CC)S(=O)(=O)c1ccc(CCC(=O)NCc2ccc(SC)cc2)cc1. The van der Waals surface area contributed by atoms with Gasteiger partial charge in [-0.15, -0.1) is 11.8 Å². The van der Waals surface area contributed by atoms with Crippen molar-refractivity contribution in [3.63, 3.8) is 0 Å². The summed E-state index contributed by atoms with van der Waals surface area (Å²) in [4.78, 5) is 13.6. The molecule has 0 aliphatic rings. The molecule has 0 atom stereocenters. The van der Waals surface area contributed by atoms with Gasteiger partial charge in [-0.3, -0.25) is 4.79 Å². The van der Waals surface area contributed by atoms with Crippen molar-refractivity contribution >= 4 is 27.7 Å². The molecule has 0 aliphatic heterocycles. The van der Waals surface area contributed by atoms with E-state index in [0.717, 1.165) is 11.1 Å². The van der Waals surface area contributed by atoms with Crippen LogP contribution in [-0.4, -0.2) is 38.0 Å². The van der Waals surface area contributed by atoms with E-state index in [4.69, 9.17) is 0 Å². The van der Waals surface area contributed by atoms with Crippen molar-refractivity contribution < 1.29 is 13.2 Å². The first-order chi connectivity index (χ1) is 13.4. The molecule has 7 heteroatoms. The van der Waals surface area contributed by atoms with Crippen molar-refractivity contribution in [2.24, 2.45) is 0 Å². The zero-order valence-electron chi connectivity index (χ0n) is 16.6. The Morgan fingerprint density at radius 3 is 2.07 bits per heavy atom. The molecule has 0 unspecified atom stereocenters. The molecule has 2 rings (SSSR count). The Morgan fingerprint density at radius 1 is 0.964 bits per heavy atom. The van der Waals surface area contributed by atoms with Crippen LogP contribution in [-0.2, 0) is 27.8 Å². The third kappa shape index (κ3) is 6.09. The first-order valence-corrected chi connectivity index (χ1v) is 12.1. The standard InChI is InChI=1S/C21H28N2O3S2/c1-4-23(5-2)28(25,26)20-13-8-17(9-14-20)10-15-21(24)22-16-18-6-11-19(27-3)12-7-18/h6-9,11-14H,4-5,10,15-16H2,1-3H3,(H,22,24). The number of sulfonamides is 1. The highest BCUT2D eigenvalue weighted by Gasteiger charge is 2.21. The molecule has 0 saturated heterocycles. The molecule has 2 aromatic rings. The van der Waals surface area contributed by atoms with E-state index in [1.54, 1.807) is 36.0 Å². The maximum Gasteiger partial charge on any atom is 0.243 e. The molecule has 0 aromatic heterocycles. The van der Waals surface area contributed by atoms with Crippen molar-refractivity contribution in [1.29, 1.82) is 0 Å². The predicted octanol–water partition coefficient (Wildman–Crippen LogP) is 3.69. The fraction of sp³-hybridized carbons (Fsp3) is 0.381. The first kappa shape index (κ1) is 22.5. The topological polar surface area (TPSA) is 66.5 Å². The highest BCUT2D eigenvalue weighted by Crippen LogP contribution is 2.17. The maximum absolute atomic E-state index is 12.5. The average molecular weight is 421 g/mol. The Balaban J connectivity index is 1.86. The number of amides is 1. The Bertz CT molecular complexity index is 860. The molecular formula is C21H28N2O3S2. The molecule has 0 saturated carbocycles. The zero-order chi connectivity index (χ0) is 20.6. The summed E-state index contributed by atoms with van der Waals surface area (Å²) in [6.45, 7) is 5.05. The summed E-state index contributed by atoms with van der Waals surface area (Å²) in [6.07, 6.45) is 2.97. The summed E-state index contributed by atoms with van der Waals surface area (Å²) in [6, 6.07) is 14.9. The van der Waals surface area contributed by atoms with Crippen molar-refractivity contribution in [3.8, 4) is 0 Å². The van der Waals surface area contributed by atoms with Crippen molar-refractivity contribution in [2.75, 3.05) is 19.3 Å². The van der Waals surface area contributed by atoms with Gasteiger partial charge in [-0.2, -0.15) is 4.31 Å². The van der Waals surface area contributed by atoms with Gasteiger partial charge in [0.25, 0.3) is 0 Å². The van der Waals surface area contributed by atoms with E-state index in [1.807, 2.05) is 44.4 Å². The number of benzene rings is 2. The minimum atomic E-state index is -3.44. The molecular weight excluding hydrogens is 392 g/mol. The molecule has 1 N–H and O–H groups in total. The Kier molecular flexibility index (Phi) is 8.54. The molecule has 0 aliphatic carbocycles. The summed E-state index contributed by atoms with van der Waals surface area (Å²) < 4.78 is 26.4. The van der Waals surface area contributed by atoms with Crippen LogP contribution in [0.15, 0.2) is 58.3 Å². The average Bonchev–Trinajstić information content (AvgIpc) is 2.72. The summed E-state index contributed by atoms with van der Waals surface area (Å²) in [5, 5.41) is 2.92. The van der Waals surface area contributed by atoms with Gasteiger partial charge in [0.2, 0.25) is 15.9 Å². The van der Waals surface area contributed by atoms with Crippen LogP contribution in [0, 0.1) is 0 Å². The molecule has 0 bridgehead atoms. The van der Waals surface area contributed by atoms with Gasteiger partial charge in [0, 0.05) is 31.0 Å². The highest BCUT2D eigenvalue weighted by molar-refractivity contribution is 7.98. The molecule has 0 spiro atoms. The van der Waals surface area contributed by atoms with Crippen LogP contribution in [0.1, 0.15) is 31.4 Å². The smallest absolute Gasteiger partial charge is 0.243 e. The zero-order valence-corrected chi connectivity index (χ0v) is 18.3. The summed E-state index contributed by atoms with van der Waals surface area (Å²) in [5.41, 5.74) is 2.01. The number of nitrogens with one attached hydrogen (secondary N) is 1. The van der Waals surface area contributed by atoms with E-state index in [-0.39, 0.29) is 10.8 Å². The van der Waals surface area contributed by atoms with Gasteiger partial charge in [0.1, 0.15) is 0 Å². The fourth-order valence-electron chi connectivity index (χ4n) is 2.83. The van der Waals surface area contributed by atoms with Gasteiger partial charge in [0.05, 0.1) is 4.90 Å². The number of thioether (sulfide) groups is 1. The molecule has 0 heterocycles. The summed E-state index contributed by atoms with van der Waals surface area (Å²) >= 11 is 1.69. The number of hydrogen-bond donors (Lipinski definition) is 1. The maximum atomic E-state index is 12.5. The van der Waals surface area contributed by atoms with Crippen molar-refractivity contribution in [3.05, 3.63) is 59.7 Å². The van der Waals surface area contributed by atoms with Crippen LogP contribution in [0.3, 0.4) is 0 Å². The lowest BCUT2D eigenvalue weighted by Gasteiger charge is -2.18. The molecule has 2 aromatic carbocycles. The molecule has 0 radical (unpaired) electrons. The second-order valence-electron chi connectivity index (χ2n) is 6.36. The summed E-state index contributed by atoms with van der Waals surface area (Å²) in [5.74, 6) is -0.0196. The predicted molar refractivity (Wildman–Crippen MR) is 115 cm³/mol. The molecule has 28 heavy (non-hydrogen) atoms. The number of aryl methyl sites for hydroxylation is 1. The fourth-order valence-corrected chi connectivity index (χ4v) is 4.70. The first-order valence-electron chi connectivity index (χ1n) is 9.39. The van der Waals surface area contributed by atoms with Gasteiger partial charge in [-0.1, -0.05) is 38.1 Å². The second kappa shape index (κ2) is 10.6. The van der Waals surface area contributed by atoms with E-state index >= 15 is 0 Å². The van der Waals surface area contributed by atoms with E-state index in [0.29, 0.717) is 32.5 Å². The van der Waals surface area contributed by atoms with Crippen molar-refractivity contribution in [2.45, 2.75) is 43.0 Å². The van der Waals surface area contributed by atoms with Crippen LogP contribution in [0.4, 0.5) is 0 Å². The third-order valence-electron chi connectivity index (χ3n) is 4.56. The Labute approximate surface area is 172 Å². The van der Waals surface area contributed by atoms with Crippen LogP contribution in [0.25, 0.3) is 0 Å². The lowest BCUT2D eigenvalue weighted by Crippen LogP contribution is -2.30. The van der Waals surface area contributed by atoms with Crippen molar-refractivity contribution in [1.82, 2.24) is 9.62 Å². The minimum absolute atomic E-state index is 0.0196. The van der Waals surface area contributed by atoms with Gasteiger partial charge >= 0.3 is 0 Å². The van der Waals surface area contributed by atoms with Crippen LogP contribution in [0.5, 0.6) is 0 Å². The van der Waals surface area contributed by atoms with Crippen LogP contribution >= 0.6 is 11.8 Å². The van der Waals surface area contributed by atoms with Crippen LogP contribution < -0.4 is 5.32 Å². The number of rotatable bonds is 10. The molecule has 1 amide bonds. The molecule has 0 fully saturated rings. The Hall–Kier alpha value is -1.83. The van der Waals surface area contributed by atoms with E-state index in [9.17, 15) is 13.2 Å². The van der Waals surface area contributed by atoms with Gasteiger partial charge in [-0.25, -0.2) is 8.42 Å². The highest BCUT2D eigenvalue weighted by atomic mass is 32.2. The van der Waals surface area contributed by atoms with Gasteiger partial charge < -0.3 is 5.32 Å². The number of hydrogen-bond acceptors (Lipinski definition) is 4. The quantitative estimate of drug-likeness (QED) is 0.596. The van der Waals surface area contributed by atoms with E-state index < -0.39 is 10.0 Å². The van der Waals surface area contributed by atoms with E-state index in [1.165, 1.54) is 9.20 Å². The minimum Gasteiger partial charge on any atom is -0.352 e. The second-order valence-corrected chi connectivity index (χ2v) is 9.18. The van der Waals surface area contributed by atoms with Gasteiger partial charge in [-0.05, 0) is 48.1 Å². The van der Waals surface area contributed by atoms with Gasteiger partial charge in [0.15, 0.2) is 0 Å². The molecule has 5 nitrogen and oxygen atoms in total. The lowest BCUT2D eigenvalue weighted by molar-refractivity contribution is -0.121. The molecule has 152 valence electrons. The Morgan fingerprint density at radius 2 is 1.54 bits per heavy atom. The third-order valence-corrected chi connectivity index (χ3v) is 7.36. The largest absolute Gasteiger partial charge is 0.352 e. The monoisotopic (exact) mass is 420 g/mol. The number of nitrogens with zero attached hydrogens (tertiary/aromatic N) is 1. The summed E-state index contributed by atoms with van der Waals surface area (Å²) in [7, 11) is -3.44. The van der Waals surface area contributed by atoms with Crippen LogP contribution in [0.2, 0.25) is 0 Å². The number of carbonyl (C=O) groups excluding carboxylic acids is 1. The lowest BCUT2D eigenvalue weighted by atomic mass is 10.1.